The number of nitrogens with two attached hydrogens (primary N) is 1. The quantitative estimate of drug-likeness (QED) is 0.542. The van der Waals surface area contributed by atoms with Crippen LogP contribution >= 0.6 is 0 Å². The van der Waals surface area contributed by atoms with Crippen LogP contribution < -0.4 is 22.7 Å². The van der Waals surface area contributed by atoms with Gasteiger partial charge in [-0.1, -0.05) is 17.7 Å². The number of hydrogen-bond acceptors (Lipinski definition) is 4. The molecule has 0 amide bonds. The monoisotopic (exact) mass is 356 g/mol. The number of azo groups is 1. The summed E-state index contributed by atoms with van der Waals surface area (Å²) in [5.74, 6) is 0.511. The van der Waals surface area contributed by atoms with Crippen LogP contribution in [-0.2, 0) is 13.6 Å². The van der Waals surface area contributed by atoms with Crippen LogP contribution in [-0.4, -0.2) is 9.78 Å². The van der Waals surface area contributed by atoms with E-state index in [4.69, 9.17) is 5.73 Å². The first kappa shape index (κ1) is 18.6. The summed E-state index contributed by atoms with van der Waals surface area (Å²) in [5, 5.41) is 12.9. The van der Waals surface area contributed by atoms with Crippen molar-refractivity contribution < 1.29 is 17.0 Å². The number of pyridine rings is 1. The molecule has 6 nitrogen and oxygen atoms in total. The number of halogens is 1. The summed E-state index contributed by atoms with van der Waals surface area (Å²) in [6.07, 6.45) is 5.64. The third-order valence-electron chi connectivity index (χ3n) is 3.86. The molecule has 2 aromatic heterocycles. The molecule has 2 heterocycles. The molecule has 0 unspecified atom stereocenters. The molecule has 0 saturated heterocycles. The van der Waals surface area contributed by atoms with Crippen molar-refractivity contribution in [1.82, 2.24) is 9.78 Å². The third kappa shape index (κ3) is 4.42. The minimum absolute atomic E-state index is 0. The van der Waals surface area contributed by atoms with Gasteiger partial charge in [-0.05, 0) is 31.0 Å². The van der Waals surface area contributed by atoms with E-state index in [1.165, 1.54) is 5.56 Å². The summed E-state index contributed by atoms with van der Waals surface area (Å²) in [6.45, 7) is 4.68. The highest BCUT2D eigenvalue weighted by molar-refractivity contribution is 5.57. The maximum absolute atomic E-state index is 6.15. The van der Waals surface area contributed by atoms with E-state index < -0.39 is 0 Å². The molecule has 0 atom stereocenters. The van der Waals surface area contributed by atoms with Gasteiger partial charge >= 0.3 is 0 Å². The number of anilines is 1. The minimum Gasteiger partial charge on any atom is -1.00 e. The highest BCUT2D eigenvalue weighted by Crippen LogP contribution is 2.26. The van der Waals surface area contributed by atoms with E-state index >= 15 is 0 Å². The summed E-state index contributed by atoms with van der Waals surface area (Å²) in [7, 11) is 1.98. The summed E-state index contributed by atoms with van der Waals surface area (Å²) >= 11 is 0. The van der Waals surface area contributed by atoms with E-state index in [1.807, 2.05) is 55.2 Å². The normalized spacial score (nSPS) is 10.8. The summed E-state index contributed by atoms with van der Waals surface area (Å²) in [5.41, 5.74) is 11.0. The molecular weight excluding hydrogens is 336 g/mol. The fourth-order valence-corrected chi connectivity index (χ4v) is 2.42. The first-order valence-electron chi connectivity index (χ1n) is 7.77. The lowest BCUT2D eigenvalue weighted by atomic mass is 10.1. The van der Waals surface area contributed by atoms with Crippen molar-refractivity contribution in [2.24, 2.45) is 17.3 Å². The SMILES string of the molecule is Cc1ccc(/N=N/c2cnn(Cc3cc[n+](C)cc3)c2N)c(C)c1.[Cl-]. The van der Waals surface area contributed by atoms with Crippen molar-refractivity contribution >= 4 is 17.2 Å². The highest BCUT2D eigenvalue weighted by atomic mass is 35.5. The molecule has 0 saturated carbocycles. The molecule has 0 radical (unpaired) electrons. The third-order valence-corrected chi connectivity index (χ3v) is 3.86. The van der Waals surface area contributed by atoms with Gasteiger partial charge < -0.3 is 18.1 Å². The fourth-order valence-electron chi connectivity index (χ4n) is 2.42. The van der Waals surface area contributed by atoms with Crippen LogP contribution in [0.25, 0.3) is 0 Å². The van der Waals surface area contributed by atoms with Crippen molar-refractivity contribution in [3.8, 4) is 0 Å². The van der Waals surface area contributed by atoms with Crippen molar-refractivity contribution in [3.05, 3.63) is 65.6 Å². The molecule has 0 fully saturated rings. The smallest absolute Gasteiger partial charge is 0.168 e. The molecule has 0 aliphatic carbocycles. The Kier molecular flexibility index (Phi) is 5.88. The number of benzene rings is 1. The largest absolute Gasteiger partial charge is 1.00 e. The summed E-state index contributed by atoms with van der Waals surface area (Å²) < 4.78 is 3.71. The van der Waals surface area contributed by atoms with E-state index in [1.54, 1.807) is 10.9 Å². The summed E-state index contributed by atoms with van der Waals surface area (Å²) in [4.78, 5) is 0. The first-order chi connectivity index (χ1) is 11.5. The summed E-state index contributed by atoms with van der Waals surface area (Å²) in [6, 6.07) is 10.1. The van der Waals surface area contributed by atoms with Gasteiger partial charge in [0.15, 0.2) is 12.4 Å². The van der Waals surface area contributed by atoms with Crippen LogP contribution in [0.5, 0.6) is 0 Å². The predicted octanol–water partition coefficient (Wildman–Crippen LogP) is 0.374. The molecule has 0 aliphatic heterocycles. The second-order valence-electron chi connectivity index (χ2n) is 5.93. The Labute approximate surface area is 153 Å². The van der Waals surface area contributed by atoms with Crippen molar-refractivity contribution in [3.63, 3.8) is 0 Å². The molecule has 7 heteroatoms. The Morgan fingerprint density at radius 2 is 1.76 bits per heavy atom. The molecule has 0 aliphatic rings. The van der Waals surface area contributed by atoms with Gasteiger partial charge in [-0.25, -0.2) is 9.25 Å². The van der Waals surface area contributed by atoms with Crippen LogP contribution in [0.1, 0.15) is 16.7 Å². The van der Waals surface area contributed by atoms with Gasteiger partial charge in [-0.2, -0.15) is 10.2 Å². The average Bonchev–Trinajstić information content (AvgIpc) is 2.89. The number of hydrogen-bond donors (Lipinski definition) is 1. The Morgan fingerprint density at radius 1 is 1.08 bits per heavy atom. The number of rotatable bonds is 4. The van der Waals surface area contributed by atoms with Crippen LogP contribution in [0, 0.1) is 13.8 Å². The molecule has 130 valence electrons. The van der Waals surface area contributed by atoms with E-state index in [0.29, 0.717) is 18.1 Å². The Hall–Kier alpha value is -2.73. The molecule has 0 spiro atoms. The van der Waals surface area contributed by atoms with Crippen molar-refractivity contribution in [2.45, 2.75) is 20.4 Å². The maximum Gasteiger partial charge on any atom is 0.168 e. The van der Waals surface area contributed by atoms with Gasteiger partial charge in [-0.15, -0.1) is 5.11 Å². The topological polar surface area (TPSA) is 72.4 Å². The average molecular weight is 357 g/mol. The van der Waals surface area contributed by atoms with Crippen LogP contribution in [0.15, 0.2) is 59.2 Å². The van der Waals surface area contributed by atoms with E-state index in [9.17, 15) is 0 Å². The van der Waals surface area contributed by atoms with Gasteiger partial charge in [-0.3, -0.25) is 0 Å². The van der Waals surface area contributed by atoms with Crippen LogP contribution in [0.4, 0.5) is 17.2 Å². The second-order valence-corrected chi connectivity index (χ2v) is 5.93. The van der Waals surface area contributed by atoms with Gasteiger partial charge in [0.25, 0.3) is 0 Å². The fraction of sp³-hybridized carbons (Fsp3) is 0.222. The maximum atomic E-state index is 6.15. The lowest BCUT2D eigenvalue weighted by Crippen LogP contribution is -3.00. The molecule has 0 bridgehead atoms. The number of nitrogen functional groups attached to an aromatic ring is 1. The predicted molar refractivity (Wildman–Crippen MR) is 93.5 cm³/mol. The molecule has 1 aromatic carbocycles. The van der Waals surface area contributed by atoms with Gasteiger partial charge in [0.1, 0.15) is 18.6 Å². The van der Waals surface area contributed by atoms with E-state index in [0.717, 1.165) is 16.8 Å². The van der Waals surface area contributed by atoms with Gasteiger partial charge in [0.2, 0.25) is 0 Å². The standard InChI is InChI=1S/C18H21N6.ClH/c1-13-4-5-16(14(2)10-13)21-22-17-11-20-24(18(17)19)12-15-6-8-23(3)9-7-15;/h4-11H,12,19H2,1-3H3;1H/q+1;/p-1/b22-21+;. The number of nitrogens with zero attached hydrogens (tertiary/aromatic N) is 5. The zero-order valence-electron chi connectivity index (χ0n) is 14.5. The zero-order valence-corrected chi connectivity index (χ0v) is 15.3. The van der Waals surface area contributed by atoms with Crippen LogP contribution in [0.3, 0.4) is 0 Å². The van der Waals surface area contributed by atoms with Crippen LogP contribution in [0.2, 0.25) is 0 Å². The lowest BCUT2D eigenvalue weighted by Gasteiger charge is -2.03. The van der Waals surface area contributed by atoms with E-state index in [2.05, 4.69) is 28.3 Å². The first-order valence-corrected chi connectivity index (χ1v) is 7.77. The molecule has 25 heavy (non-hydrogen) atoms. The zero-order chi connectivity index (χ0) is 17.1. The highest BCUT2D eigenvalue weighted by Gasteiger charge is 2.08. The van der Waals surface area contributed by atoms with Crippen molar-refractivity contribution in [1.29, 1.82) is 0 Å². The van der Waals surface area contributed by atoms with Gasteiger partial charge in [0, 0.05) is 12.1 Å². The molecule has 3 aromatic rings. The molecular formula is C18H21ClN6. The van der Waals surface area contributed by atoms with Crippen molar-refractivity contribution in [2.75, 3.05) is 5.73 Å². The van der Waals surface area contributed by atoms with Gasteiger partial charge in [0.05, 0.1) is 18.4 Å². The number of aromatic nitrogens is 3. The molecule has 3 rings (SSSR count). The molecule has 2 N–H and O–H groups in total. The minimum atomic E-state index is 0. The second kappa shape index (κ2) is 7.90. The Balaban J connectivity index is 0.00000225. The number of aryl methyl sites for hydroxylation is 3. The Morgan fingerprint density at radius 3 is 2.44 bits per heavy atom. The van der Waals surface area contributed by atoms with E-state index in [-0.39, 0.29) is 12.4 Å². The Bertz CT molecular complexity index is 883. The lowest BCUT2D eigenvalue weighted by molar-refractivity contribution is -0.671.